The molecule has 2 aliphatic heterocycles. The van der Waals surface area contributed by atoms with E-state index in [0.29, 0.717) is 107 Å². The maximum Gasteiger partial charge on any atom is 0.419 e. The van der Waals surface area contributed by atoms with Gasteiger partial charge >= 0.3 is 24.3 Å². The molecule has 0 aromatic heterocycles. The van der Waals surface area contributed by atoms with Gasteiger partial charge < -0.3 is 4.74 Å². The zero-order valence-corrected chi connectivity index (χ0v) is 42.7. The van der Waals surface area contributed by atoms with Crippen LogP contribution in [0.15, 0.2) is 121 Å². The van der Waals surface area contributed by atoms with Gasteiger partial charge in [0.15, 0.2) is 0 Å². The lowest BCUT2D eigenvalue weighted by atomic mass is 9.62. The molecule has 2 atom stereocenters. The van der Waals surface area contributed by atoms with Crippen LogP contribution < -0.4 is 0 Å². The molecule has 0 amide bonds. The zero-order chi connectivity index (χ0) is 54.6. The van der Waals surface area contributed by atoms with Crippen LogP contribution in [0.25, 0.3) is 22.3 Å². The Bertz CT molecular complexity index is 2940. The lowest BCUT2D eigenvalue weighted by Crippen LogP contribution is -2.49. The largest absolute Gasteiger partial charge is 0.419 e. The standard InChI is InChI=1S/C62H58F10N2O3/c1-37-21-29-73(30-22-37)55(39-5-13-45(63)14-6-39)47-17-11-43(35-49(47)41-9-19-51(53(65)33-41)61(67,68)69)59(25-3-26-59)57(75)77-58(76)60(27-4-28-60)44-12-18-48(50(36-44)42-10-20-52(54(66)34-42)62(70,71)72)56(40-7-15-46(64)16-8-40)74-31-23-38(2)24-32-74/h5-20,33-38,55-56H,3-4,21-32H2,1-2H3. The first-order valence-electron chi connectivity index (χ1n) is 26.4. The maximum absolute atomic E-state index is 15.6. The molecule has 404 valence electrons. The average molecular weight is 1070 g/mol. The first kappa shape index (κ1) is 54.1. The van der Waals surface area contributed by atoms with E-state index in [1.165, 1.54) is 36.4 Å². The minimum absolute atomic E-state index is 0.112. The third kappa shape index (κ3) is 10.6. The van der Waals surface area contributed by atoms with Gasteiger partial charge in [0.2, 0.25) is 0 Å². The first-order valence-corrected chi connectivity index (χ1v) is 26.4. The number of piperidine rings is 2. The van der Waals surface area contributed by atoms with Gasteiger partial charge in [-0.1, -0.05) is 87.4 Å². The van der Waals surface area contributed by atoms with Crippen LogP contribution in [0.3, 0.4) is 0 Å². The second-order valence-corrected chi connectivity index (χ2v) is 21.9. The molecule has 5 nitrogen and oxygen atoms in total. The molecule has 2 saturated heterocycles. The predicted molar refractivity (Wildman–Crippen MR) is 272 cm³/mol. The fraction of sp³-hybridized carbons (Fsp3) is 0.387. The second kappa shape index (κ2) is 21.1. The number of rotatable bonds is 12. The molecule has 4 aliphatic rings. The number of halogens is 10. The Balaban J connectivity index is 1.04. The quantitative estimate of drug-likeness (QED) is 0.0694. The molecule has 15 heteroatoms. The van der Waals surface area contributed by atoms with Gasteiger partial charge in [0.05, 0.1) is 34.0 Å². The molecule has 6 aromatic rings. The van der Waals surface area contributed by atoms with Crippen molar-refractivity contribution in [2.75, 3.05) is 26.2 Å². The highest BCUT2D eigenvalue weighted by molar-refractivity contribution is 5.98. The van der Waals surface area contributed by atoms with E-state index in [-0.39, 0.29) is 36.8 Å². The van der Waals surface area contributed by atoms with Crippen molar-refractivity contribution in [3.8, 4) is 22.3 Å². The predicted octanol–water partition coefficient (Wildman–Crippen LogP) is 15.9. The summed E-state index contributed by atoms with van der Waals surface area (Å²) in [6, 6.07) is 26.6. The minimum atomic E-state index is -4.97. The van der Waals surface area contributed by atoms with Gasteiger partial charge in [0, 0.05) is 0 Å². The van der Waals surface area contributed by atoms with E-state index in [4.69, 9.17) is 4.74 Å². The molecule has 6 aromatic carbocycles. The molecule has 0 radical (unpaired) electrons. The highest BCUT2D eigenvalue weighted by Gasteiger charge is 2.53. The molecule has 4 fully saturated rings. The van der Waals surface area contributed by atoms with Crippen molar-refractivity contribution in [2.45, 2.75) is 113 Å². The molecule has 2 aliphatic carbocycles. The number of carbonyl (C=O) groups excluding carboxylic acids is 2. The van der Waals surface area contributed by atoms with Crippen molar-refractivity contribution in [3.63, 3.8) is 0 Å². The summed E-state index contributed by atoms with van der Waals surface area (Å²) in [7, 11) is 0. The summed E-state index contributed by atoms with van der Waals surface area (Å²) < 4.78 is 150. The molecule has 77 heavy (non-hydrogen) atoms. The Kier molecular flexibility index (Phi) is 14.8. The number of ether oxygens (including phenoxy) is 1. The van der Waals surface area contributed by atoms with Gasteiger partial charge in [-0.05, 0) is 206 Å². The number of alkyl halides is 6. The lowest BCUT2D eigenvalue weighted by Gasteiger charge is -2.43. The highest BCUT2D eigenvalue weighted by Crippen LogP contribution is 2.52. The molecule has 2 unspecified atom stereocenters. The van der Waals surface area contributed by atoms with E-state index in [0.717, 1.165) is 37.8 Å². The van der Waals surface area contributed by atoms with Gasteiger partial charge in [-0.15, -0.1) is 0 Å². The van der Waals surface area contributed by atoms with Crippen LogP contribution in [-0.4, -0.2) is 47.9 Å². The fourth-order valence-corrected chi connectivity index (χ4v) is 12.1. The number of hydrogen-bond donors (Lipinski definition) is 0. The zero-order valence-electron chi connectivity index (χ0n) is 42.7. The lowest BCUT2D eigenvalue weighted by molar-refractivity contribution is -0.172. The number of carbonyl (C=O) groups is 2. The van der Waals surface area contributed by atoms with E-state index in [1.54, 1.807) is 60.7 Å². The van der Waals surface area contributed by atoms with Crippen LogP contribution in [-0.2, 0) is 37.5 Å². The van der Waals surface area contributed by atoms with Gasteiger partial charge in [-0.3, -0.25) is 19.4 Å². The van der Waals surface area contributed by atoms with Gasteiger partial charge in [-0.25, -0.2) is 17.6 Å². The fourth-order valence-electron chi connectivity index (χ4n) is 12.1. The average Bonchev–Trinajstić information content (AvgIpc) is 3.39. The number of benzene rings is 6. The van der Waals surface area contributed by atoms with Crippen LogP contribution in [0.1, 0.15) is 135 Å². The van der Waals surface area contributed by atoms with Crippen molar-refractivity contribution in [3.05, 3.63) is 189 Å². The van der Waals surface area contributed by atoms with Crippen LogP contribution in [0.4, 0.5) is 43.9 Å². The van der Waals surface area contributed by atoms with Crippen molar-refractivity contribution < 1.29 is 58.2 Å². The summed E-state index contributed by atoms with van der Waals surface area (Å²) in [6.45, 7) is 6.86. The number of nitrogens with zero attached hydrogens (tertiary/aromatic N) is 2. The molecule has 0 N–H and O–H groups in total. The second-order valence-electron chi connectivity index (χ2n) is 21.9. The summed E-state index contributed by atoms with van der Waals surface area (Å²) in [6.07, 6.45) is -4.46. The van der Waals surface area contributed by atoms with Crippen LogP contribution in [0.2, 0.25) is 0 Å². The van der Waals surface area contributed by atoms with Crippen molar-refractivity contribution in [1.82, 2.24) is 9.80 Å². The SMILES string of the molecule is CC1CCN(C(c2ccc(F)cc2)c2ccc(C3(C(=O)OC(=O)C4(c5ccc(C(c6ccc(F)cc6)N6CCC(C)CC6)c(-c6ccc(C(F)(F)F)c(F)c6)c5)CCC4)CCC3)cc2-c2ccc(C(F)(F)F)c(F)c2)CC1. The Hall–Kier alpha value is -6.32. The Morgan fingerprint density at radius 2 is 0.844 bits per heavy atom. The molecular weight excluding hydrogens is 1010 g/mol. The van der Waals surface area contributed by atoms with E-state index >= 15 is 8.78 Å². The molecular formula is C62H58F10N2O3. The molecule has 0 bridgehead atoms. The summed E-state index contributed by atoms with van der Waals surface area (Å²) in [5.41, 5.74) is -1.40. The summed E-state index contributed by atoms with van der Waals surface area (Å²) in [5.74, 6) is -4.76. The number of esters is 2. The normalized spacial score (nSPS) is 19.2. The van der Waals surface area contributed by atoms with Crippen LogP contribution >= 0.6 is 0 Å². The Labute approximate surface area is 441 Å². The van der Waals surface area contributed by atoms with Crippen molar-refractivity contribution >= 4 is 11.9 Å². The molecule has 2 saturated carbocycles. The van der Waals surface area contributed by atoms with E-state index in [2.05, 4.69) is 23.6 Å². The number of hydrogen-bond acceptors (Lipinski definition) is 5. The first-order chi connectivity index (χ1) is 36.6. The van der Waals surface area contributed by atoms with E-state index < -0.39 is 81.6 Å². The molecule has 0 spiro atoms. The monoisotopic (exact) mass is 1070 g/mol. The van der Waals surface area contributed by atoms with Gasteiger partial charge in [0.1, 0.15) is 23.3 Å². The Morgan fingerprint density at radius 1 is 0.494 bits per heavy atom. The molecule has 2 heterocycles. The topological polar surface area (TPSA) is 49.9 Å². The van der Waals surface area contributed by atoms with Crippen LogP contribution in [0, 0.1) is 35.1 Å². The maximum atomic E-state index is 15.6. The third-order valence-corrected chi connectivity index (χ3v) is 17.1. The summed E-state index contributed by atoms with van der Waals surface area (Å²) in [5, 5.41) is 0. The van der Waals surface area contributed by atoms with Crippen molar-refractivity contribution in [1.29, 1.82) is 0 Å². The van der Waals surface area contributed by atoms with Crippen molar-refractivity contribution in [2.24, 2.45) is 11.8 Å². The number of likely N-dealkylation sites (tertiary alicyclic amines) is 2. The van der Waals surface area contributed by atoms with Crippen LogP contribution in [0.5, 0.6) is 0 Å². The molecule has 10 rings (SSSR count). The van der Waals surface area contributed by atoms with E-state index in [1.807, 2.05) is 0 Å². The highest BCUT2D eigenvalue weighted by atomic mass is 19.4. The third-order valence-electron chi connectivity index (χ3n) is 17.1. The van der Waals surface area contributed by atoms with Gasteiger partial charge in [0.25, 0.3) is 0 Å². The van der Waals surface area contributed by atoms with Gasteiger partial charge in [-0.2, -0.15) is 26.3 Å². The van der Waals surface area contributed by atoms with E-state index in [9.17, 15) is 44.7 Å². The summed E-state index contributed by atoms with van der Waals surface area (Å²) >= 11 is 0. The minimum Gasteiger partial charge on any atom is -0.392 e. The summed E-state index contributed by atoms with van der Waals surface area (Å²) in [4.78, 5) is 34.2. The smallest absolute Gasteiger partial charge is 0.392 e. The Morgan fingerprint density at radius 3 is 1.14 bits per heavy atom.